The van der Waals surface area contributed by atoms with E-state index >= 15 is 0 Å². The van der Waals surface area contributed by atoms with E-state index in [0.29, 0.717) is 19.6 Å². The third-order valence-electron chi connectivity index (χ3n) is 3.10. The number of carbonyl (C=O) groups is 1. The van der Waals surface area contributed by atoms with Crippen molar-refractivity contribution in [3.8, 4) is 0 Å². The van der Waals surface area contributed by atoms with Gasteiger partial charge in [-0.15, -0.1) is 11.3 Å². The van der Waals surface area contributed by atoms with Crippen LogP contribution in [-0.4, -0.2) is 31.4 Å². The largest absolute Gasteiger partial charge is 0.383 e. The quantitative estimate of drug-likeness (QED) is 0.220. The Morgan fingerprint density at radius 2 is 2.00 bits per heavy atom. The maximum Gasteiger partial charge on any atom is 0.202 e. The standard InChI is InChI=1S/C17H17IO4S/c1-21-11-22-10-13(18)15(17(20)14-8-5-9-23-14)16(19)12-6-3-2-4-7-12/h2-9,16,19H,10-11H2,1H3/b15-13+. The third kappa shape index (κ3) is 4.95. The first kappa shape index (κ1) is 18.3. The number of aliphatic hydroxyl groups excluding tert-OH is 1. The molecule has 6 heteroatoms. The second-order valence-electron chi connectivity index (χ2n) is 4.69. The highest BCUT2D eigenvalue weighted by Crippen LogP contribution is 2.31. The van der Waals surface area contributed by atoms with Gasteiger partial charge in [0.05, 0.1) is 11.5 Å². The fourth-order valence-electron chi connectivity index (χ4n) is 2.03. The van der Waals surface area contributed by atoms with E-state index in [9.17, 15) is 9.90 Å². The fourth-order valence-corrected chi connectivity index (χ4v) is 3.47. The van der Waals surface area contributed by atoms with E-state index in [4.69, 9.17) is 9.47 Å². The lowest BCUT2D eigenvalue weighted by atomic mass is 9.97. The minimum atomic E-state index is -0.996. The minimum Gasteiger partial charge on any atom is -0.383 e. The lowest BCUT2D eigenvalue weighted by molar-refractivity contribution is -0.0194. The molecule has 0 bridgehead atoms. The zero-order chi connectivity index (χ0) is 16.7. The van der Waals surface area contributed by atoms with Crippen LogP contribution in [0.5, 0.6) is 0 Å². The number of thiophene rings is 1. The van der Waals surface area contributed by atoms with E-state index in [1.54, 1.807) is 18.2 Å². The molecule has 1 atom stereocenters. The van der Waals surface area contributed by atoms with E-state index < -0.39 is 6.10 Å². The summed E-state index contributed by atoms with van der Waals surface area (Å²) in [7, 11) is 1.53. The van der Waals surface area contributed by atoms with Crippen molar-refractivity contribution in [2.45, 2.75) is 6.10 Å². The molecule has 0 fully saturated rings. The van der Waals surface area contributed by atoms with Crippen molar-refractivity contribution in [3.05, 3.63) is 67.4 Å². The Morgan fingerprint density at radius 3 is 2.61 bits per heavy atom. The van der Waals surface area contributed by atoms with Crippen LogP contribution in [0.3, 0.4) is 0 Å². The molecule has 0 spiro atoms. The highest BCUT2D eigenvalue weighted by atomic mass is 127. The Hall–Kier alpha value is -1.06. The number of ether oxygens (including phenoxy) is 2. The van der Waals surface area contributed by atoms with Crippen LogP contribution in [0.25, 0.3) is 0 Å². The fraction of sp³-hybridized carbons (Fsp3) is 0.235. The number of aliphatic hydroxyl groups is 1. The summed E-state index contributed by atoms with van der Waals surface area (Å²) in [5, 5.41) is 12.6. The van der Waals surface area contributed by atoms with Gasteiger partial charge in [0.2, 0.25) is 5.78 Å². The molecule has 0 aliphatic carbocycles. The Balaban J connectivity index is 2.34. The number of carbonyl (C=O) groups excluding carboxylic acids is 1. The van der Waals surface area contributed by atoms with Crippen molar-refractivity contribution in [1.82, 2.24) is 0 Å². The number of rotatable bonds is 8. The molecule has 0 amide bonds. The highest BCUT2D eigenvalue weighted by Gasteiger charge is 2.25. The zero-order valence-corrected chi connectivity index (χ0v) is 15.5. The van der Waals surface area contributed by atoms with Gasteiger partial charge in [-0.3, -0.25) is 4.79 Å². The summed E-state index contributed by atoms with van der Waals surface area (Å²) in [5.74, 6) is -0.179. The van der Waals surface area contributed by atoms with Gasteiger partial charge in [-0.05, 0) is 39.6 Å². The van der Waals surface area contributed by atoms with Crippen LogP contribution in [0.15, 0.2) is 57.0 Å². The molecule has 0 saturated heterocycles. The Labute approximate surface area is 152 Å². The molecule has 4 nitrogen and oxygen atoms in total. The molecule has 0 radical (unpaired) electrons. The molecule has 1 unspecified atom stereocenters. The van der Waals surface area contributed by atoms with Crippen LogP contribution < -0.4 is 0 Å². The number of benzene rings is 1. The SMILES string of the molecule is COCOC/C(I)=C(\C(=O)c1cccs1)C(O)c1ccccc1. The summed E-state index contributed by atoms with van der Waals surface area (Å²) >= 11 is 3.40. The molecule has 1 N–H and O–H groups in total. The molecule has 2 aromatic rings. The maximum absolute atomic E-state index is 12.8. The van der Waals surface area contributed by atoms with Gasteiger partial charge in [-0.25, -0.2) is 0 Å². The van der Waals surface area contributed by atoms with Crippen LogP contribution in [0.4, 0.5) is 0 Å². The number of hydrogen-bond donors (Lipinski definition) is 1. The second-order valence-corrected chi connectivity index (χ2v) is 6.94. The highest BCUT2D eigenvalue weighted by molar-refractivity contribution is 14.1. The average molecular weight is 444 g/mol. The van der Waals surface area contributed by atoms with Crippen LogP contribution >= 0.6 is 33.9 Å². The first-order chi connectivity index (χ1) is 11.1. The summed E-state index contributed by atoms with van der Waals surface area (Å²) in [6.45, 7) is 0.346. The van der Waals surface area contributed by atoms with Crippen molar-refractivity contribution in [2.24, 2.45) is 0 Å². The Bertz CT molecular complexity index is 652. The predicted octanol–water partition coefficient (Wildman–Crippen LogP) is 3.97. The van der Waals surface area contributed by atoms with Gasteiger partial charge in [-0.2, -0.15) is 0 Å². The molecule has 122 valence electrons. The molecule has 0 aliphatic heterocycles. The summed E-state index contributed by atoms with van der Waals surface area (Å²) in [6, 6.07) is 12.7. The van der Waals surface area contributed by atoms with E-state index in [1.807, 2.05) is 52.2 Å². The monoisotopic (exact) mass is 444 g/mol. The van der Waals surface area contributed by atoms with Gasteiger partial charge in [-0.1, -0.05) is 36.4 Å². The maximum atomic E-state index is 12.8. The molecule has 1 heterocycles. The van der Waals surface area contributed by atoms with Crippen LogP contribution in [0.2, 0.25) is 0 Å². The molecule has 0 aliphatic rings. The molecule has 1 aromatic heterocycles. The van der Waals surface area contributed by atoms with Gasteiger partial charge in [0.1, 0.15) is 12.9 Å². The van der Waals surface area contributed by atoms with E-state index in [-0.39, 0.29) is 19.2 Å². The topological polar surface area (TPSA) is 55.8 Å². The number of hydrogen-bond acceptors (Lipinski definition) is 5. The van der Waals surface area contributed by atoms with E-state index in [1.165, 1.54) is 18.4 Å². The third-order valence-corrected chi connectivity index (χ3v) is 4.86. The summed E-state index contributed by atoms with van der Waals surface area (Å²) in [5.41, 5.74) is 1.02. The first-order valence-corrected chi connectivity index (χ1v) is 8.87. The average Bonchev–Trinajstić information content (AvgIpc) is 3.10. The summed E-state index contributed by atoms with van der Waals surface area (Å²) in [6.07, 6.45) is -0.996. The predicted molar refractivity (Wildman–Crippen MR) is 98.9 cm³/mol. The van der Waals surface area contributed by atoms with Gasteiger partial charge in [0, 0.05) is 16.3 Å². The Morgan fingerprint density at radius 1 is 1.26 bits per heavy atom. The molecule has 23 heavy (non-hydrogen) atoms. The number of Topliss-reactive ketones (excluding diaryl/α,β-unsaturated/α-hetero) is 1. The number of methoxy groups -OCH3 is 1. The zero-order valence-electron chi connectivity index (χ0n) is 12.6. The van der Waals surface area contributed by atoms with Crippen LogP contribution in [0, 0.1) is 0 Å². The van der Waals surface area contributed by atoms with Gasteiger partial charge in [0.25, 0.3) is 0 Å². The first-order valence-electron chi connectivity index (χ1n) is 6.91. The molecule has 2 rings (SSSR count). The Kier molecular flexibility index (Phi) is 7.38. The smallest absolute Gasteiger partial charge is 0.202 e. The molecule has 0 saturated carbocycles. The van der Waals surface area contributed by atoms with Crippen LogP contribution in [-0.2, 0) is 9.47 Å². The number of halogens is 1. The van der Waals surface area contributed by atoms with Crippen molar-refractivity contribution in [1.29, 1.82) is 0 Å². The number of ketones is 1. The molecule has 1 aromatic carbocycles. The van der Waals surface area contributed by atoms with E-state index in [2.05, 4.69) is 0 Å². The van der Waals surface area contributed by atoms with Crippen LogP contribution in [0.1, 0.15) is 21.3 Å². The molecular weight excluding hydrogens is 427 g/mol. The van der Waals surface area contributed by atoms with Gasteiger partial charge < -0.3 is 14.6 Å². The van der Waals surface area contributed by atoms with Crippen molar-refractivity contribution in [2.75, 3.05) is 20.5 Å². The normalized spacial score (nSPS) is 13.5. The lowest BCUT2D eigenvalue weighted by Crippen LogP contribution is -2.14. The van der Waals surface area contributed by atoms with E-state index in [0.717, 1.165) is 0 Å². The van der Waals surface area contributed by atoms with Crippen molar-refractivity contribution >= 4 is 39.7 Å². The second kappa shape index (κ2) is 9.29. The van der Waals surface area contributed by atoms with Gasteiger partial charge in [0.15, 0.2) is 0 Å². The summed E-state index contributed by atoms with van der Waals surface area (Å²) in [4.78, 5) is 13.4. The minimum absolute atomic E-state index is 0.133. The molecular formula is C17H17IO4S. The lowest BCUT2D eigenvalue weighted by Gasteiger charge is -2.17. The summed E-state index contributed by atoms with van der Waals surface area (Å²) < 4.78 is 10.8. The van der Waals surface area contributed by atoms with Crippen molar-refractivity contribution < 1.29 is 19.4 Å². The van der Waals surface area contributed by atoms with Crippen molar-refractivity contribution in [3.63, 3.8) is 0 Å². The van der Waals surface area contributed by atoms with Gasteiger partial charge >= 0.3 is 0 Å².